The first-order valence-electron chi connectivity index (χ1n) is 8.31. The third kappa shape index (κ3) is 2.59. The second kappa shape index (κ2) is 6.01. The molecule has 1 saturated heterocycles. The Morgan fingerprint density at radius 1 is 1.40 bits per heavy atom. The van der Waals surface area contributed by atoms with Crippen LogP contribution in [0.15, 0.2) is 0 Å². The largest absolute Gasteiger partial charge is 0.375 e. The van der Waals surface area contributed by atoms with Gasteiger partial charge in [0.15, 0.2) is 0 Å². The van der Waals surface area contributed by atoms with Crippen LogP contribution in [-0.4, -0.2) is 48.3 Å². The molecule has 0 amide bonds. The van der Waals surface area contributed by atoms with Crippen LogP contribution in [0.3, 0.4) is 0 Å². The summed E-state index contributed by atoms with van der Waals surface area (Å²) >= 11 is 0. The molecule has 2 aliphatic carbocycles. The number of ether oxygens (including phenoxy) is 1. The average molecular weight is 277 g/mol. The molecule has 1 N–H and O–H groups in total. The molecule has 3 fully saturated rings. The second-order valence-electron chi connectivity index (χ2n) is 6.66. The van der Waals surface area contributed by atoms with Crippen LogP contribution in [0.5, 0.6) is 0 Å². The van der Waals surface area contributed by atoms with Gasteiger partial charge in [0.1, 0.15) is 5.54 Å². The van der Waals surface area contributed by atoms with Crippen LogP contribution in [0.2, 0.25) is 0 Å². The molecular weight excluding hydrogens is 250 g/mol. The first kappa shape index (κ1) is 14.3. The van der Waals surface area contributed by atoms with Gasteiger partial charge >= 0.3 is 0 Å². The molecule has 1 heterocycles. The van der Waals surface area contributed by atoms with Crippen molar-refractivity contribution in [2.45, 2.75) is 75.6 Å². The number of hydrogen-bond acceptors (Lipinski definition) is 4. The van der Waals surface area contributed by atoms with Gasteiger partial charge in [0.2, 0.25) is 0 Å². The molecule has 0 radical (unpaired) electrons. The van der Waals surface area contributed by atoms with Crippen LogP contribution in [0, 0.1) is 11.3 Å². The highest BCUT2D eigenvalue weighted by Crippen LogP contribution is 2.38. The lowest BCUT2D eigenvalue weighted by atomic mass is 9.98. The standard InChI is InChI=1S/C16H27N3O/c1-2-8-18-16(12-17)7-6-13(11-16)19-9-10-20-15-5-3-4-14(15)19/h13-15,18H,2-11H2,1H3. The normalized spacial score (nSPS) is 41.5. The minimum atomic E-state index is -0.271. The number of fused-ring (bicyclic) bond motifs is 1. The second-order valence-corrected chi connectivity index (χ2v) is 6.66. The third-order valence-electron chi connectivity index (χ3n) is 5.41. The summed E-state index contributed by atoms with van der Waals surface area (Å²) in [6.45, 7) is 5.05. The Kier molecular flexibility index (Phi) is 4.30. The quantitative estimate of drug-likeness (QED) is 0.854. The van der Waals surface area contributed by atoms with Crippen molar-refractivity contribution < 1.29 is 4.74 Å². The maximum absolute atomic E-state index is 9.59. The third-order valence-corrected chi connectivity index (χ3v) is 5.41. The minimum absolute atomic E-state index is 0.271. The Morgan fingerprint density at radius 3 is 3.10 bits per heavy atom. The Balaban J connectivity index is 1.65. The summed E-state index contributed by atoms with van der Waals surface area (Å²) in [6.07, 6.45) is 8.52. The van der Waals surface area contributed by atoms with Gasteiger partial charge < -0.3 is 4.74 Å². The summed E-state index contributed by atoms with van der Waals surface area (Å²) in [6, 6.07) is 3.77. The fourth-order valence-corrected chi connectivity index (χ4v) is 4.38. The number of rotatable bonds is 4. The highest BCUT2D eigenvalue weighted by Gasteiger charge is 2.46. The van der Waals surface area contributed by atoms with Crippen LogP contribution in [0.4, 0.5) is 0 Å². The monoisotopic (exact) mass is 277 g/mol. The van der Waals surface area contributed by atoms with Gasteiger partial charge in [-0.3, -0.25) is 10.2 Å². The van der Waals surface area contributed by atoms with Crippen molar-refractivity contribution in [2.75, 3.05) is 19.7 Å². The van der Waals surface area contributed by atoms with E-state index in [0.29, 0.717) is 18.2 Å². The number of nitriles is 1. The minimum Gasteiger partial charge on any atom is -0.375 e. The molecule has 1 aliphatic heterocycles. The first-order chi connectivity index (χ1) is 9.78. The van der Waals surface area contributed by atoms with E-state index in [1.807, 2.05) is 0 Å². The molecule has 112 valence electrons. The van der Waals surface area contributed by atoms with E-state index in [9.17, 15) is 5.26 Å². The van der Waals surface area contributed by atoms with Crippen molar-refractivity contribution in [1.29, 1.82) is 5.26 Å². The molecule has 3 aliphatic rings. The van der Waals surface area contributed by atoms with Crippen LogP contribution >= 0.6 is 0 Å². The van der Waals surface area contributed by atoms with E-state index >= 15 is 0 Å². The lowest BCUT2D eigenvalue weighted by Gasteiger charge is -2.41. The van der Waals surface area contributed by atoms with Gasteiger partial charge in [-0.05, 0) is 51.5 Å². The van der Waals surface area contributed by atoms with Gasteiger partial charge in [0.25, 0.3) is 0 Å². The molecular formula is C16H27N3O. The van der Waals surface area contributed by atoms with E-state index in [2.05, 4.69) is 23.2 Å². The molecule has 3 rings (SSSR count). The van der Waals surface area contributed by atoms with Crippen LogP contribution in [0.25, 0.3) is 0 Å². The summed E-state index contributed by atoms with van der Waals surface area (Å²) in [5.41, 5.74) is -0.271. The maximum Gasteiger partial charge on any atom is 0.108 e. The fraction of sp³-hybridized carbons (Fsp3) is 0.938. The Hall–Kier alpha value is -0.630. The molecule has 20 heavy (non-hydrogen) atoms. The van der Waals surface area contributed by atoms with E-state index in [4.69, 9.17) is 4.74 Å². The maximum atomic E-state index is 9.59. The SMILES string of the molecule is CCCNC1(C#N)CCC(N2CCOC3CCCC32)C1. The summed E-state index contributed by atoms with van der Waals surface area (Å²) in [5.74, 6) is 0. The van der Waals surface area contributed by atoms with E-state index in [0.717, 1.165) is 45.4 Å². The van der Waals surface area contributed by atoms with E-state index in [1.165, 1.54) is 19.3 Å². The lowest BCUT2D eigenvalue weighted by molar-refractivity contribution is -0.0712. The zero-order valence-electron chi connectivity index (χ0n) is 12.6. The summed E-state index contributed by atoms with van der Waals surface area (Å²) < 4.78 is 5.91. The number of nitrogens with one attached hydrogen (secondary N) is 1. The van der Waals surface area contributed by atoms with Gasteiger partial charge in [-0.15, -0.1) is 0 Å². The lowest BCUT2D eigenvalue weighted by Crippen LogP contribution is -2.53. The Labute approximate surface area is 122 Å². The molecule has 4 atom stereocenters. The van der Waals surface area contributed by atoms with Crippen LogP contribution in [-0.2, 0) is 4.74 Å². The summed E-state index contributed by atoms with van der Waals surface area (Å²) in [5, 5.41) is 13.1. The van der Waals surface area contributed by atoms with Crippen molar-refractivity contribution in [3.63, 3.8) is 0 Å². The Bertz CT molecular complexity index is 380. The highest BCUT2D eigenvalue weighted by atomic mass is 16.5. The smallest absolute Gasteiger partial charge is 0.108 e. The summed E-state index contributed by atoms with van der Waals surface area (Å²) in [7, 11) is 0. The van der Waals surface area contributed by atoms with Gasteiger partial charge in [-0.1, -0.05) is 6.92 Å². The predicted molar refractivity (Wildman–Crippen MR) is 78.4 cm³/mol. The molecule has 0 spiro atoms. The fourth-order valence-electron chi connectivity index (χ4n) is 4.38. The van der Waals surface area contributed by atoms with Gasteiger partial charge in [0, 0.05) is 18.6 Å². The Morgan fingerprint density at radius 2 is 2.30 bits per heavy atom. The molecule has 0 aromatic rings. The van der Waals surface area contributed by atoms with Gasteiger partial charge in [-0.2, -0.15) is 5.26 Å². The number of hydrogen-bond donors (Lipinski definition) is 1. The van der Waals surface area contributed by atoms with Crippen LogP contribution < -0.4 is 5.32 Å². The van der Waals surface area contributed by atoms with E-state index < -0.39 is 0 Å². The van der Waals surface area contributed by atoms with Gasteiger partial charge in [0.05, 0.1) is 18.8 Å². The molecule has 0 bridgehead atoms. The highest BCUT2D eigenvalue weighted by molar-refractivity contribution is 5.14. The van der Waals surface area contributed by atoms with Gasteiger partial charge in [-0.25, -0.2) is 0 Å². The average Bonchev–Trinajstić information content (AvgIpc) is 3.12. The van der Waals surface area contributed by atoms with E-state index in [1.54, 1.807) is 0 Å². The predicted octanol–water partition coefficient (Wildman–Crippen LogP) is 2.05. The van der Waals surface area contributed by atoms with E-state index in [-0.39, 0.29) is 5.54 Å². The molecule has 0 aromatic carbocycles. The van der Waals surface area contributed by atoms with Crippen molar-refractivity contribution >= 4 is 0 Å². The molecule has 4 nitrogen and oxygen atoms in total. The first-order valence-corrected chi connectivity index (χ1v) is 8.31. The zero-order valence-corrected chi connectivity index (χ0v) is 12.6. The number of morpholine rings is 1. The molecule has 4 heteroatoms. The zero-order chi connectivity index (χ0) is 14.0. The van der Waals surface area contributed by atoms with Crippen molar-refractivity contribution in [1.82, 2.24) is 10.2 Å². The van der Waals surface area contributed by atoms with Crippen LogP contribution in [0.1, 0.15) is 51.9 Å². The number of nitrogens with zero attached hydrogens (tertiary/aromatic N) is 2. The molecule has 4 unspecified atom stereocenters. The van der Waals surface area contributed by atoms with Crippen molar-refractivity contribution in [3.05, 3.63) is 0 Å². The molecule has 0 aromatic heterocycles. The van der Waals surface area contributed by atoms with Crippen molar-refractivity contribution in [2.24, 2.45) is 0 Å². The van der Waals surface area contributed by atoms with Crippen molar-refractivity contribution in [3.8, 4) is 6.07 Å². The topological polar surface area (TPSA) is 48.3 Å². The summed E-state index contributed by atoms with van der Waals surface area (Å²) in [4.78, 5) is 2.67. The molecule has 2 saturated carbocycles.